The molecule has 82 heavy (non-hydrogen) atoms. The molecule has 486 valence electrons. The Labute approximate surface area is 498 Å². The van der Waals surface area contributed by atoms with E-state index >= 15 is 0 Å². The predicted octanol–water partition coefficient (Wildman–Crippen LogP) is 17.5. The van der Waals surface area contributed by atoms with Gasteiger partial charge in [0.2, 0.25) is 0 Å². The maximum Gasteiger partial charge on any atom is 0.472 e. The molecular weight excluding hydrogens is 1090 g/mol. The number of carbonyl (C=O) groups is 4. The fraction of sp³-hybridized carbons (Fsp3) is 0.937. The van der Waals surface area contributed by atoms with Crippen LogP contribution in [-0.2, 0) is 65.4 Å². The van der Waals surface area contributed by atoms with Crippen LogP contribution in [0.3, 0.4) is 0 Å². The molecule has 19 heteroatoms. The number of ether oxygens (including phenoxy) is 4. The number of unbranched alkanes of at least 4 members (excludes halogenated alkanes) is 38. The predicted molar refractivity (Wildman–Crippen MR) is 326 cm³/mol. The van der Waals surface area contributed by atoms with Crippen molar-refractivity contribution in [1.82, 2.24) is 0 Å². The van der Waals surface area contributed by atoms with Gasteiger partial charge in [0, 0.05) is 25.7 Å². The smallest absolute Gasteiger partial charge is 0.462 e. The highest BCUT2D eigenvalue weighted by atomic mass is 31.2. The van der Waals surface area contributed by atoms with Gasteiger partial charge in [-0.2, -0.15) is 0 Å². The number of hydrogen-bond donors (Lipinski definition) is 3. The van der Waals surface area contributed by atoms with Crippen molar-refractivity contribution in [2.75, 3.05) is 39.6 Å². The van der Waals surface area contributed by atoms with Crippen molar-refractivity contribution in [2.24, 2.45) is 0 Å². The van der Waals surface area contributed by atoms with Crippen molar-refractivity contribution in [3.63, 3.8) is 0 Å². The minimum Gasteiger partial charge on any atom is -0.462 e. The number of aliphatic hydroxyl groups excluding tert-OH is 1. The van der Waals surface area contributed by atoms with E-state index in [2.05, 4.69) is 27.7 Å². The molecule has 0 saturated carbocycles. The Hall–Kier alpha value is -1.94. The lowest BCUT2D eigenvalue weighted by Gasteiger charge is -2.21. The van der Waals surface area contributed by atoms with E-state index in [9.17, 15) is 43.2 Å². The molecule has 0 spiro atoms. The summed E-state index contributed by atoms with van der Waals surface area (Å²) in [5.74, 6) is -2.16. The summed E-state index contributed by atoms with van der Waals surface area (Å²) in [6.45, 7) is 4.70. The van der Waals surface area contributed by atoms with E-state index in [4.69, 9.17) is 37.0 Å². The first-order valence-corrected chi connectivity index (χ1v) is 36.3. The van der Waals surface area contributed by atoms with E-state index in [1.54, 1.807) is 0 Å². The monoisotopic (exact) mass is 1210 g/mol. The molecule has 0 aromatic carbocycles. The van der Waals surface area contributed by atoms with Crippen molar-refractivity contribution >= 4 is 39.5 Å². The average Bonchev–Trinajstić information content (AvgIpc) is 3.46. The van der Waals surface area contributed by atoms with Gasteiger partial charge in [0.1, 0.15) is 19.3 Å². The molecule has 0 aliphatic rings. The van der Waals surface area contributed by atoms with Crippen LogP contribution in [-0.4, -0.2) is 96.7 Å². The third kappa shape index (κ3) is 57.2. The Morgan fingerprint density at radius 3 is 0.720 bits per heavy atom. The molecular formula is C63H122O17P2. The fourth-order valence-electron chi connectivity index (χ4n) is 9.46. The van der Waals surface area contributed by atoms with Crippen LogP contribution in [0.4, 0.5) is 0 Å². The van der Waals surface area contributed by atoms with E-state index in [-0.39, 0.29) is 25.7 Å². The number of phosphoric ester groups is 2. The minimum atomic E-state index is -4.94. The van der Waals surface area contributed by atoms with Crippen LogP contribution >= 0.6 is 15.6 Å². The van der Waals surface area contributed by atoms with Crippen LogP contribution < -0.4 is 0 Å². The molecule has 0 amide bonds. The van der Waals surface area contributed by atoms with Crippen molar-refractivity contribution in [3.8, 4) is 0 Å². The molecule has 3 N–H and O–H groups in total. The van der Waals surface area contributed by atoms with Crippen LogP contribution in [0, 0.1) is 0 Å². The van der Waals surface area contributed by atoms with Gasteiger partial charge in [0.15, 0.2) is 12.2 Å². The van der Waals surface area contributed by atoms with Crippen LogP contribution in [0.15, 0.2) is 0 Å². The zero-order valence-corrected chi connectivity index (χ0v) is 54.2. The summed E-state index contributed by atoms with van der Waals surface area (Å²) in [5.41, 5.74) is 0. The van der Waals surface area contributed by atoms with Gasteiger partial charge in [0.05, 0.1) is 26.4 Å². The van der Waals surface area contributed by atoms with Crippen LogP contribution in [0.5, 0.6) is 0 Å². The number of phosphoric acid groups is 2. The third-order valence-electron chi connectivity index (χ3n) is 14.6. The van der Waals surface area contributed by atoms with Crippen molar-refractivity contribution < 1.29 is 80.2 Å². The first-order valence-electron chi connectivity index (χ1n) is 33.3. The van der Waals surface area contributed by atoms with Crippen LogP contribution in [0.25, 0.3) is 0 Å². The number of esters is 4. The molecule has 17 nitrogen and oxygen atoms in total. The maximum absolute atomic E-state index is 13.0. The zero-order valence-electron chi connectivity index (χ0n) is 52.5. The number of aliphatic hydroxyl groups is 1. The fourth-order valence-corrected chi connectivity index (χ4v) is 11.0. The summed E-state index contributed by atoms with van der Waals surface area (Å²) in [7, 11) is -9.86. The van der Waals surface area contributed by atoms with Gasteiger partial charge in [-0.05, 0) is 25.7 Å². The van der Waals surface area contributed by atoms with E-state index in [0.29, 0.717) is 25.7 Å². The highest BCUT2D eigenvalue weighted by Crippen LogP contribution is 2.45. The third-order valence-corrected chi connectivity index (χ3v) is 16.5. The molecule has 5 atom stereocenters. The molecule has 0 heterocycles. The van der Waals surface area contributed by atoms with Gasteiger partial charge in [-0.15, -0.1) is 0 Å². The van der Waals surface area contributed by atoms with Crippen LogP contribution in [0.2, 0.25) is 0 Å². The van der Waals surface area contributed by atoms with E-state index < -0.39 is 97.5 Å². The summed E-state index contributed by atoms with van der Waals surface area (Å²) < 4.78 is 67.5. The Balaban J connectivity index is 5.04. The van der Waals surface area contributed by atoms with Gasteiger partial charge >= 0.3 is 39.5 Å². The van der Waals surface area contributed by atoms with Crippen molar-refractivity contribution in [1.29, 1.82) is 0 Å². The van der Waals surface area contributed by atoms with Gasteiger partial charge in [0.25, 0.3) is 0 Å². The van der Waals surface area contributed by atoms with Crippen molar-refractivity contribution in [3.05, 3.63) is 0 Å². The highest BCUT2D eigenvalue weighted by Gasteiger charge is 2.30. The van der Waals surface area contributed by atoms with Gasteiger partial charge in [-0.25, -0.2) is 9.13 Å². The molecule has 0 rings (SSSR count). The van der Waals surface area contributed by atoms with Crippen molar-refractivity contribution in [2.45, 2.75) is 341 Å². The number of rotatable bonds is 64. The second kappa shape index (κ2) is 58.1. The van der Waals surface area contributed by atoms with Gasteiger partial charge in [-0.1, -0.05) is 272 Å². The highest BCUT2D eigenvalue weighted by molar-refractivity contribution is 7.47. The molecule has 0 saturated heterocycles. The molecule has 0 aliphatic carbocycles. The summed E-state index contributed by atoms with van der Waals surface area (Å²) in [4.78, 5) is 71.6. The minimum absolute atomic E-state index is 0.0992. The van der Waals surface area contributed by atoms with Crippen LogP contribution in [0.1, 0.15) is 323 Å². The Morgan fingerprint density at radius 1 is 0.293 bits per heavy atom. The number of carbonyl (C=O) groups excluding carboxylic acids is 4. The lowest BCUT2D eigenvalue weighted by molar-refractivity contribution is -0.161. The molecule has 0 aliphatic heterocycles. The molecule has 0 fully saturated rings. The first kappa shape index (κ1) is 80.1. The largest absolute Gasteiger partial charge is 0.472 e. The normalized spacial score (nSPS) is 14.2. The Morgan fingerprint density at radius 2 is 0.488 bits per heavy atom. The molecule has 2 unspecified atom stereocenters. The Bertz CT molecular complexity index is 1590. The van der Waals surface area contributed by atoms with E-state index in [0.717, 1.165) is 96.3 Å². The number of hydrogen-bond acceptors (Lipinski definition) is 15. The van der Waals surface area contributed by atoms with Gasteiger partial charge < -0.3 is 33.8 Å². The first-order chi connectivity index (χ1) is 39.7. The summed E-state index contributed by atoms with van der Waals surface area (Å²) in [6, 6.07) is 0. The van der Waals surface area contributed by atoms with Gasteiger partial charge in [-0.3, -0.25) is 37.3 Å². The quantitative estimate of drug-likeness (QED) is 0.0222. The maximum atomic E-state index is 13.0. The topological polar surface area (TPSA) is 237 Å². The molecule has 0 aromatic heterocycles. The zero-order chi connectivity index (χ0) is 60.5. The average molecular weight is 1210 g/mol. The van der Waals surface area contributed by atoms with E-state index in [1.165, 1.54) is 148 Å². The second-order valence-corrected chi connectivity index (χ2v) is 25.7. The molecule has 0 aromatic rings. The lowest BCUT2D eigenvalue weighted by atomic mass is 10.0. The lowest BCUT2D eigenvalue weighted by Crippen LogP contribution is -2.30. The Kier molecular flexibility index (Phi) is 56.7. The molecule has 0 bridgehead atoms. The summed E-state index contributed by atoms with van der Waals surface area (Å²) in [5, 5.41) is 10.5. The molecule has 0 radical (unpaired) electrons. The summed E-state index contributed by atoms with van der Waals surface area (Å²) >= 11 is 0. The van der Waals surface area contributed by atoms with E-state index in [1.807, 2.05) is 0 Å². The SMILES string of the molecule is CCCCCCCCCCCCCCCCCCCCCCC(=O)O[C@H](COC(=O)CCCCCCCCCCCCCC)COP(=O)(O)OC[C@@H](O)COP(=O)(O)OC[C@@H](COC(=O)CCCCCCC)OC(=O)CCCCCCC. The summed E-state index contributed by atoms with van der Waals surface area (Å²) in [6.07, 6.45) is 44.0. The second-order valence-electron chi connectivity index (χ2n) is 22.8. The standard InChI is InChI=1S/C63H122O17P2/c1-5-9-13-17-19-21-23-25-26-27-28-29-30-31-32-34-36-38-42-46-50-63(68)80-59(54-74-61(66)48-44-41-37-35-33-24-22-20-18-14-10-6-2)56-78-82(71,72)76-52-57(64)51-75-81(69,70)77-55-58(79-62(67)49-45-40-16-12-8-4)53-73-60(65)47-43-39-15-11-7-3/h57-59,64H,5-56H2,1-4H3,(H,69,70)(H,71,72)/t57-,58+,59+/m0/s1.